The molecule has 0 bridgehead atoms. The molecule has 0 unspecified atom stereocenters. The van der Waals surface area contributed by atoms with E-state index in [0.29, 0.717) is 23.9 Å². The van der Waals surface area contributed by atoms with Gasteiger partial charge in [-0.1, -0.05) is 42.5 Å². The average molecular weight is 301 g/mol. The van der Waals surface area contributed by atoms with Gasteiger partial charge in [0.05, 0.1) is 11.3 Å². The molecule has 5 heteroatoms. The van der Waals surface area contributed by atoms with Gasteiger partial charge in [0.25, 0.3) is 0 Å². The molecule has 2 aromatic carbocycles. The summed E-state index contributed by atoms with van der Waals surface area (Å²) in [6, 6.07) is 21.3. The summed E-state index contributed by atoms with van der Waals surface area (Å²) in [4.78, 5) is 8.63. The van der Waals surface area contributed by atoms with Crippen molar-refractivity contribution in [2.75, 3.05) is 10.6 Å². The number of aromatic nitrogens is 2. The smallest absolute Gasteiger partial charge is 0.224 e. The van der Waals surface area contributed by atoms with E-state index >= 15 is 0 Å². The SMILES string of the molecule is N#Cc1ccccc1Nc1ccnc(NCc2ccccc2)n1. The molecule has 3 rings (SSSR count). The Morgan fingerprint density at radius 2 is 1.74 bits per heavy atom. The number of hydrogen-bond donors (Lipinski definition) is 2. The van der Waals surface area contributed by atoms with Crippen molar-refractivity contribution in [2.24, 2.45) is 0 Å². The summed E-state index contributed by atoms with van der Waals surface area (Å²) in [6.07, 6.45) is 1.68. The lowest BCUT2D eigenvalue weighted by molar-refractivity contribution is 1.06. The summed E-state index contributed by atoms with van der Waals surface area (Å²) >= 11 is 0. The summed E-state index contributed by atoms with van der Waals surface area (Å²) in [5, 5.41) is 15.5. The van der Waals surface area contributed by atoms with Gasteiger partial charge in [-0.25, -0.2) is 4.98 Å². The first-order valence-corrected chi connectivity index (χ1v) is 7.22. The van der Waals surface area contributed by atoms with Crippen LogP contribution in [0.15, 0.2) is 66.9 Å². The first-order chi connectivity index (χ1) is 11.3. The Balaban J connectivity index is 1.71. The van der Waals surface area contributed by atoms with Gasteiger partial charge in [-0.15, -0.1) is 0 Å². The molecular weight excluding hydrogens is 286 g/mol. The van der Waals surface area contributed by atoms with Crippen LogP contribution < -0.4 is 10.6 Å². The van der Waals surface area contributed by atoms with Crippen LogP contribution >= 0.6 is 0 Å². The van der Waals surface area contributed by atoms with Crippen LogP contribution in [0.25, 0.3) is 0 Å². The molecule has 0 aliphatic carbocycles. The highest BCUT2D eigenvalue weighted by Gasteiger charge is 2.03. The van der Waals surface area contributed by atoms with E-state index < -0.39 is 0 Å². The number of nitrogens with one attached hydrogen (secondary N) is 2. The molecule has 3 aromatic rings. The predicted molar refractivity (Wildman–Crippen MR) is 90.2 cm³/mol. The van der Waals surface area contributed by atoms with Gasteiger partial charge < -0.3 is 10.6 Å². The third-order valence-electron chi connectivity index (χ3n) is 3.26. The predicted octanol–water partition coefficient (Wildman–Crippen LogP) is 3.70. The lowest BCUT2D eigenvalue weighted by atomic mass is 10.2. The van der Waals surface area contributed by atoms with Gasteiger partial charge >= 0.3 is 0 Å². The molecule has 2 N–H and O–H groups in total. The van der Waals surface area contributed by atoms with E-state index in [9.17, 15) is 0 Å². The van der Waals surface area contributed by atoms with E-state index in [4.69, 9.17) is 5.26 Å². The Morgan fingerprint density at radius 1 is 0.957 bits per heavy atom. The number of rotatable bonds is 5. The summed E-state index contributed by atoms with van der Waals surface area (Å²) in [5.41, 5.74) is 2.46. The van der Waals surface area contributed by atoms with Gasteiger partial charge in [-0.2, -0.15) is 10.2 Å². The van der Waals surface area contributed by atoms with Crippen LogP contribution in [-0.2, 0) is 6.54 Å². The quantitative estimate of drug-likeness (QED) is 0.751. The maximum Gasteiger partial charge on any atom is 0.224 e. The van der Waals surface area contributed by atoms with Crippen LogP contribution in [0.1, 0.15) is 11.1 Å². The molecule has 1 aromatic heterocycles. The van der Waals surface area contributed by atoms with Gasteiger partial charge in [-0.05, 0) is 23.8 Å². The Bertz CT molecular complexity index is 824. The minimum Gasteiger partial charge on any atom is -0.350 e. The van der Waals surface area contributed by atoms with Gasteiger partial charge in [0, 0.05) is 12.7 Å². The van der Waals surface area contributed by atoms with Crippen molar-refractivity contribution in [3.63, 3.8) is 0 Å². The zero-order valence-electron chi connectivity index (χ0n) is 12.4. The Kier molecular flexibility index (Phi) is 4.46. The molecule has 0 amide bonds. The standard InChI is InChI=1S/C18H15N5/c19-12-15-8-4-5-9-16(15)22-17-10-11-20-18(23-17)21-13-14-6-2-1-3-7-14/h1-11H,13H2,(H2,20,21,22,23). The molecule has 0 radical (unpaired) electrons. The average Bonchev–Trinajstić information content (AvgIpc) is 2.62. The second-order valence-corrected chi connectivity index (χ2v) is 4.89. The largest absolute Gasteiger partial charge is 0.350 e. The molecule has 23 heavy (non-hydrogen) atoms. The van der Waals surface area contributed by atoms with Crippen molar-refractivity contribution in [3.8, 4) is 6.07 Å². The fourth-order valence-electron chi connectivity index (χ4n) is 2.12. The van der Waals surface area contributed by atoms with Crippen molar-refractivity contribution >= 4 is 17.5 Å². The number of benzene rings is 2. The van der Waals surface area contributed by atoms with Crippen LogP contribution in [0.4, 0.5) is 17.5 Å². The first-order valence-electron chi connectivity index (χ1n) is 7.22. The molecule has 0 fully saturated rings. The molecule has 0 spiro atoms. The molecule has 0 aliphatic rings. The van der Waals surface area contributed by atoms with Gasteiger partial charge in [-0.3, -0.25) is 0 Å². The molecule has 0 aliphatic heterocycles. The molecule has 0 saturated carbocycles. The van der Waals surface area contributed by atoms with Crippen molar-refractivity contribution in [1.29, 1.82) is 5.26 Å². The normalized spacial score (nSPS) is 9.87. The maximum atomic E-state index is 9.13. The topological polar surface area (TPSA) is 73.6 Å². The molecule has 1 heterocycles. The maximum absolute atomic E-state index is 9.13. The number of nitrogens with zero attached hydrogens (tertiary/aromatic N) is 3. The fourth-order valence-corrected chi connectivity index (χ4v) is 2.12. The van der Waals surface area contributed by atoms with Crippen LogP contribution in [-0.4, -0.2) is 9.97 Å². The van der Waals surface area contributed by atoms with Crippen LogP contribution in [0, 0.1) is 11.3 Å². The third kappa shape index (κ3) is 3.83. The van der Waals surface area contributed by atoms with Crippen LogP contribution in [0.5, 0.6) is 0 Å². The third-order valence-corrected chi connectivity index (χ3v) is 3.26. The zero-order valence-corrected chi connectivity index (χ0v) is 12.4. The van der Waals surface area contributed by atoms with E-state index in [2.05, 4.69) is 26.7 Å². The van der Waals surface area contributed by atoms with Crippen molar-refractivity contribution in [2.45, 2.75) is 6.54 Å². The highest BCUT2D eigenvalue weighted by atomic mass is 15.1. The van der Waals surface area contributed by atoms with Crippen molar-refractivity contribution in [3.05, 3.63) is 78.0 Å². The summed E-state index contributed by atoms with van der Waals surface area (Å²) < 4.78 is 0. The van der Waals surface area contributed by atoms with E-state index in [1.54, 1.807) is 18.3 Å². The van der Waals surface area contributed by atoms with E-state index in [1.165, 1.54) is 0 Å². The van der Waals surface area contributed by atoms with E-state index in [1.807, 2.05) is 48.5 Å². The minimum absolute atomic E-state index is 0.535. The second-order valence-electron chi connectivity index (χ2n) is 4.89. The summed E-state index contributed by atoms with van der Waals surface area (Å²) in [7, 11) is 0. The van der Waals surface area contributed by atoms with Crippen molar-refractivity contribution < 1.29 is 0 Å². The van der Waals surface area contributed by atoms with Crippen LogP contribution in [0.2, 0.25) is 0 Å². The van der Waals surface area contributed by atoms with Crippen molar-refractivity contribution in [1.82, 2.24) is 9.97 Å². The van der Waals surface area contributed by atoms with Gasteiger partial charge in [0.15, 0.2) is 0 Å². The highest BCUT2D eigenvalue weighted by Crippen LogP contribution is 2.19. The molecule has 5 nitrogen and oxygen atoms in total. The molecule has 0 atom stereocenters. The number of nitriles is 1. The monoisotopic (exact) mass is 301 g/mol. The van der Waals surface area contributed by atoms with E-state index in [-0.39, 0.29) is 0 Å². The minimum atomic E-state index is 0.535. The summed E-state index contributed by atoms with van der Waals surface area (Å²) in [5.74, 6) is 1.17. The summed E-state index contributed by atoms with van der Waals surface area (Å²) in [6.45, 7) is 0.652. The molecular formula is C18H15N5. The Hall–Kier alpha value is -3.39. The molecule has 112 valence electrons. The highest BCUT2D eigenvalue weighted by molar-refractivity contribution is 5.64. The Labute approximate surface area is 134 Å². The van der Waals surface area contributed by atoms with E-state index in [0.717, 1.165) is 11.3 Å². The number of para-hydroxylation sites is 1. The Morgan fingerprint density at radius 3 is 2.57 bits per heavy atom. The lowest BCUT2D eigenvalue weighted by Crippen LogP contribution is -2.05. The number of hydrogen-bond acceptors (Lipinski definition) is 5. The zero-order chi connectivity index (χ0) is 15.9. The van der Waals surface area contributed by atoms with Gasteiger partial charge in [0.1, 0.15) is 11.9 Å². The fraction of sp³-hybridized carbons (Fsp3) is 0.0556. The second kappa shape index (κ2) is 7.05. The first kappa shape index (κ1) is 14.5. The van der Waals surface area contributed by atoms with Crippen LogP contribution in [0.3, 0.4) is 0 Å². The lowest BCUT2D eigenvalue weighted by Gasteiger charge is -2.09. The number of anilines is 3. The van der Waals surface area contributed by atoms with Gasteiger partial charge in [0.2, 0.25) is 5.95 Å². The molecule has 0 saturated heterocycles.